The van der Waals surface area contributed by atoms with E-state index in [-0.39, 0.29) is 17.0 Å². The highest BCUT2D eigenvalue weighted by atomic mass is 32.2. The summed E-state index contributed by atoms with van der Waals surface area (Å²) in [5, 5.41) is 0.533. The number of likely N-dealkylation sites (N-methyl/N-ethyl adjacent to an activating group) is 1. The van der Waals surface area contributed by atoms with Crippen molar-refractivity contribution in [3.63, 3.8) is 0 Å². The summed E-state index contributed by atoms with van der Waals surface area (Å²) in [6.07, 6.45) is 2.73. The van der Waals surface area contributed by atoms with Gasteiger partial charge >= 0.3 is 14.5 Å². The predicted molar refractivity (Wildman–Crippen MR) is 158 cm³/mol. The maximum absolute atomic E-state index is 13.5. The molecular weight excluding hydrogens is 555 g/mol. The van der Waals surface area contributed by atoms with Crippen LogP contribution in [0, 0.1) is 0 Å². The summed E-state index contributed by atoms with van der Waals surface area (Å²) >= 11 is 0. The molecule has 1 aliphatic heterocycles. The fourth-order valence-electron chi connectivity index (χ4n) is 3.73. The number of nitrogens with zero attached hydrogens (tertiary/aromatic N) is 1. The minimum atomic E-state index is -4.18. The molecule has 0 amide bonds. The van der Waals surface area contributed by atoms with E-state index in [9.17, 15) is 13.2 Å². The summed E-state index contributed by atoms with van der Waals surface area (Å²) in [5.41, 5.74) is -0.266. The lowest BCUT2D eigenvalue weighted by molar-refractivity contribution is -0.137. The Balaban J connectivity index is 2.40. The lowest BCUT2D eigenvalue weighted by atomic mass is 10.1. The van der Waals surface area contributed by atoms with E-state index in [0.29, 0.717) is 17.7 Å². The standard InChI is InChI=1S/C26H43NO7SSi3/c1-21(38(11,33-36(5,6)7)34-37(8,9)10)19-31-25(28)23(35(29,30)22-15-13-12-14-16-22)17-18-24-27(4)26(2,3)20-32-24/h12-18H,1,19-20H2,2-11H3. The smallest absolute Gasteiger partial charge is 0.350 e. The molecule has 38 heavy (non-hydrogen) atoms. The highest BCUT2D eigenvalue weighted by Crippen LogP contribution is 2.29. The molecule has 212 valence electrons. The van der Waals surface area contributed by atoms with Gasteiger partial charge in [-0.15, -0.1) is 0 Å². The Morgan fingerprint density at radius 3 is 2.03 bits per heavy atom. The van der Waals surface area contributed by atoms with Gasteiger partial charge in [0.25, 0.3) is 0 Å². The first kappa shape index (κ1) is 32.2. The van der Waals surface area contributed by atoms with Gasteiger partial charge < -0.3 is 22.6 Å². The van der Waals surface area contributed by atoms with E-state index in [4.69, 9.17) is 17.7 Å². The van der Waals surface area contributed by atoms with E-state index in [1.54, 1.807) is 18.2 Å². The second-order valence-electron chi connectivity index (χ2n) is 12.1. The SMILES string of the molecule is C=C(COC(=O)C(=CC=C1OCC(C)(C)N1C)S(=O)(=O)c1ccccc1)[Si](C)(O[Si](C)(C)C)O[Si](C)(C)C. The Labute approximate surface area is 231 Å². The Kier molecular flexibility index (Phi) is 9.88. The molecule has 0 atom stereocenters. The van der Waals surface area contributed by atoms with Crippen molar-refractivity contribution in [1.29, 1.82) is 0 Å². The highest BCUT2D eigenvalue weighted by Gasteiger charge is 2.43. The van der Waals surface area contributed by atoms with Crippen LogP contribution in [-0.4, -0.2) is 70.3 Å². The van der Waals surface area contributed by atoms with Gasteiger partial charge in [0.1, 0.15) is 13.2 Å². The van der Waals surface area contributed by atoms with Gasteiger partial charge in [0.05, 0.1) is 10.4 Å². The molecular formula is C26H43NO7SSi3. The second kappa shape index (κ2) is 11.6. The van der Waals surface area contributed by atoms with Crippen molar-refractivity contribution in [1.82, 2.24) is 4.90 Å². The third-order valence-electron chi connectivity index (χ3n) is 5.75. The molecule has 2 rings (SSSR count). The van der Waals surface area contributed by atoms with Gasteiger partial charge in [-0.1, -0.05) is 24.8 Å². The Morgan fingerprint density at radius 2 is 1.58 bits per heavy atom. The Morgan fingerprint density at radius 1 is 1.05 bits per heavy atom. The molecule has 8 nitrogen and oxygen atoms in total. The lowest BCUT2D eigenvalue weighted by Crippen LogP contribution is -2.54. The molecule has 1 aromatic rings. The number of hydrogen-bond donors (Lipinski definition) is 0. The Bertz CT molecular complexity index is 1180. The van der Waals surface area contributed by atoms with Gasteiger partial charge in [-0.25, -0.2) is 13.2 Å². The number of sulfone groups is 1. The summed E-state index contributed by atoms with van der Waals surface area (Å²) in [6.45, 7) is 22.7. The first-order valence-electron chi connectivity index (χ1n) is 12.5. The van der Waals surface area contributed by atoms with Crippen molar-refractivity contribution >= 4 is 41.0 Å². The first-order chi connectivity index (χ1) is 17.2. The van der Waals surface area contributed by atoms with Crippen molar-refractivity contribution in [3.05, 3.63) is 65.0 Å². The topological polar surface area (TPSA) is 91.4 Å². The van der Waals surface area contributed by atoms with Crippen LogP contribution >= 0.6 is 0 Å². The monoisotopic (exact) mass is 597 g/mol. The summed E-state index contributed by atoms with van der Waals surface area (Å²) in [6, 6.07) is 7.80. The van der Waals surface area contributed by atoms with E-state index >= 15 is 0 Å². The average Bonchev–Trinajstić information content (AvgIpc) is 3.02. The molecule has 1 saturated heterocycles. The largest absolute Gasteiger partial charge is 0.477 e. The van der Waals surface area contributed by atoms with Crippen LogP contribution in [-0.2, 0) is 32.3 Å². The summed E-state index contributed by atoms with van der Waals surface area (Å²) in [4.78, 5) is 14.7. The van der Waals surface area contributed by atoms with Crippen LogP contribution in [0.25, 0.3) is 0 Å². The fraction of sp³-hybridized carbons (Fsp3) is 0.500. The first-order valence-corrected chi connectivity index (χ1v) is 23.1. The number of allylic oxidation sites excluding steroid dienone is 2. The fourth-order valence-corrected chi connectivity index (χ4v) is 16.4. The zero-order chi connectivity index (χ0) is 29.2. The molecule has 1 fully saturated rings. The van der Waals surface area contributed by atoms with Crippen LogP contribution in [0.4, 0.5) is 0 Å². The predicted octanol–water partition coefficient (Wildman–Crippen LogP) is 5.34. The molecule has 1 aromatic carbocycles. The summed E-state index contributed by atoms with van der Waals surface area (Å²) < 4.78 is 51.2. The molecule has 12 heteroatoms. The van der Waals surface area contributed by atoms with Crippen LogP contribution in [0.15, 0.2) is 69.9 Å². The lowest BCUT2D eigenvalue weighted by Gasteiger charge is -2.39. The number of ether oxygens (including phenoxy) is 2. The second-order valence-corrected chi connectivity index (χ2v) is 26.7. The van der Waals surface area contributed by atoms with Crippen LogP contribution < -0.4 is 0 Å². The molecule has 0 spiro atoms. The summed E-state index contributed by atoms with van der Waals surface area (Å²) in [5.74, 6) is -0.524. The van der Waals surface area contributed by atoms with Crippen molar-refractivity contribution in [2.24, 2.45) is 0 Å². The van der Waals surface area contributed by atoms with Gasteiger partial charge in [-0.3, -0.25) is 0 Å². The molecule has 0 aromatic heterocycles. The number of benzene rings is 1. The van der Waals surface area contributed by atoms with Crippen LogP contribution in [0.5, 0.6) is 0 Å². The maximum atomic E-state index is 13.5. The van der Waals surface area contributed by atoms with Gasteiger partial charge in [0, 0.05) is 12.2 Å². The van der Waals surface area contributed by atoms with Gasteiger partial charge in [0.15, 0.2) is 27.4 Å². The van der Waals surface area contributed by atoms with Crippen LogP contribution in [0.3, 0.4) is 0 Å². The quantitative estimate of drug-likeness (QED) is 0.192. The molecule has 0 saturated carbocycles. The van der Waals surface area contributed by atoms with Gasteiger partial charge in [-0.05, 0) is 84.0 Å². The van der Waals surface area contributed by atoms with Gasteiger partial charge in [0.2, 0.25) is 9.84 Å². The number of hydrogen-bond acceptors (Lipinski definition) is 8. The number of esters is 1. The number of carbonyl (C=O) groups excluding carboxylic acids is 1. The minimum absolute atomic E-state index is 0.00945. The molecule has 1 aliphatic rings. The van der Waals surface area contributed by atoms with Crippen molar-refractivity contribution in [2.45, 2.75) is 70.1 Å². The zero-order valence-corrected chi connectivity index (χ0v) is 28.2. The van der Waals surface area contributed by atoms with Crippen molar-refractivity contribution < 1.29 is 30.9 Å². The van der Waals surface area contributed by atoms with E-state index in [1.165, 1.54) is 24.3 Å². The molecule has 1 heterocycles. The minimum Gasteiger partial charge on any atom is -0.477 e. The number of rotatable bonds is 11. The molecule has 0 N–H and O–H groups in total. The molecule has 0 radical (unpaired) electrons. The molecule has 0 aliphatic carbocycles. The van der Waals surface area contributed by atoms with Crippen molar-refractivity contribution in [2.75, 3.05) is 20.3 Å². The van der Waals surface area contributed by atoms with Gasteiger partial charge in [-0.2, -0.15) is 0 Å². The third-order valence-corrected chi connectivity index (χ3v) is 17.0. The van der Waals surface area contributed by atoms with Crippen LogP contribution in [0.2, 0.25) is 45.8 Å². The zero-order valence-electron chi connectivity index (χ0n) is 24.4. The molecule has 0 unspecified atom stereocenters. The normalized spacial score (nSPS) is 17.9. The summed E-state index contributed by atoms with van der Waals surface area (Å²) in [7, 11) is -9.34. The maximum Gasteiger partial charge on any atom is 0.350 e. The van der Waals surface area contributed by atoms with E-state index in [1.807, 2.05) is 32.3 Å². The van der Waals surface area contributed by atoms with Crippen LogP contribution in [0.1, 0.15) is 13.8 Å². The number of carbonyl (C=O) groups is 1. The van der Waals surface area contributed by atoms with E-state index in [0.717, 1.165) is 0 Å². The van der Waals surface area contributed by atoms with E-state index < -0.39 is 45.9 Å². The van der Waals surface area contributed by atoms with Crippen molar-refractivity contribution in [3.8, 4) is 0 Å². The highest BCUT2D eigenvalue weighted by molar-refractivity contribution is 7.96. The van der Waals surface area contributed by atoms with E-state index in [2.05, 4.69) is 45.9 Å². The molecule has 0 bridgehead atoms. The average molecular weight is 598 g/mol. The Hall–Kier alpha value is -1.97. The third kappa shape index (κ3) is 8.52.